The van der Waals surface area contributed by atoms with Gasteiger partial charge in [-0.2, -0.15) is 0 Å². The van der Waals surface area contributed by atoms with E-state index in [1.807, 2.05) is 24.3 Å². The summed E-state index contributed by atoms with van der Waals surface area (Å²) in [4.78, 5) is 29.2. The minimum atomic E-state index is -1.28. The van der Waals surface area contributed by atoms with Gasteiger partial charge in [0.25, 0.3) is 5.56 Å². The van der Waals surface area contributed by atoms with Crippen LogP contribution in [0.1, 0.15) is 34.1 Å². The lowest BCUT2D eigenvalue weighted by atomic mass is 9.92. The number of aromatic nitrogens is 2. The van der Waals surface area contributed by atoms with Crippen molar-refractivity contribution in [3.8, 4) is 5.75 Å². The molecule has 20 heavy (non-hydrogen) atoms. The first-order valence-electron chi connectivity index (χ1n) is 6.21. The Hall–Kier alpha value is -2.63. The Kier molecular flexibility index (Phi) is 2.98. The maximum atomic E-state index is 11.7. The largest absolute Gasteiger partial charge is 0.493 e. The number of nitrogens with one attached hydrogen (secondary N) is 1. The van der Waals surface area contributed by atoms with Crippen LogP contribution in [-0.2, 0) is 0 Å². The molecule has 2 N–H and O–H groups in total. The molecule has 102 valence electrons. The number of aromatic carboxylic acids is 1. The Morgan fingerprint density at radius 1 is 1.40 bits per heavy atom. The Morgan fingerprint density at radius 2 is 2.20 bits per heavy atom. The number of fused-ring (bicyclic) bond motifs is 1. The van der Waals surface area contributed by atoms with Crippen molar-refractivity contribution in [2.45, 2.75) is 12.3 Å². The highest BCUT2D eigenvalue weighted by atomic mass is 16.5. The summed E-state index contributed by atoms with van der Waals surface area (Å²) >= 11 is 0. The molecule has 0 bridgehead atoms. The highest BCUT2D eigenvalue weighted by Crippen LogP contribution is 2.35. The Balaban J connectivity index is 2.05. The third kappa shape index (κ3) is 2.05. The van der Waals surface area contributed by atoms with Crippen molar-refractivity contribution < 1.29 is 14.6 Å². The number of benzene rings is 1. The second-order valence-electron chi connectivity index (χ2n) is 4.54. The molecule has 0 aliphatic carbocycles. The van der Waals surface area contributed by atoms with E-state index in [1.54, 1.807) is 0 Å². The summed E-state index contributed by atoms with van der Waals surface area (Å²) in [6, 6.07) is 7.56. The van der Waals surface area contributed by atoms with Crippen molar-refractivity contribution in [2.75, 3.05) is 6.61 Å². The fraction of sp³-hybridized carbons (Fsp3) is 0.214. The standard InChI is InChI=1S/C14H12N2O4/c17-13-10(14(18)19)7-15-12(16-13)9-5-6-20-11-4-2-1-3-8(9)11/h1-4,7,9H,5-6H2,(H,18,19)(H,15,16,17). The molecule has 0 radical (unpaired) electrons. The van der Waals surface area contributed by atoms with Crippen LogP contribution >= 0.6 is 0 Å². The maximum Gasteiger partial charge on any atom is 0.342 e. The van der Waals surface area contributed by atoms with E-state index in [4.69, 9.17) is 9.84 Å². The SMILES string of the molecule is O=C(O)c1cnc(C2CCOc3ccccc32)[nH]c1=O. The Morgan fingerprint density at radius 3 is 2.95 bits per heavy atom. The molecule has 0 saturated carbocycles. The molecule has 1 aromatic heterocycles. The fourth-order valence-corrected chi connectivity index (χ4v) is 2.36. The zero-order valence-electron chi connectivity index (χ0n) is 10.5. The lowest BCUT2D eigenvalue weighted by Crippen LogP contribution is -2.24. The topological polar surface area (TPSA) is 92.3 Å². The average molecular weight is 272 g/mol. The predicted octanol–water partition coefficient (Wildman–Crippen LogP) is 1.38. The van der Waals surface area contributed by atoms with Gasteiger partial charge in [-0.3, -0.25) is 4.79 Å². The number of ether oxygens (including phenoxy) is 1. The van der Waals surface area contributed by atoms with Gasteiger partial charge < -0.3 is 14.8 Å². The highest BCUT2D eigenvalue weighted by Gasteiger charge is 2.25. The zero-order valence-corrected chi connectivity index (χ0v) is 10.5. The molecule has 0 spiro atoms. The molecule has 0 saturated heterocycles. The molecule has 0 amide bonds. The number of nitrogens with zero attached hydrogens (tertiary/aromatic N) is 1. The zero-order chi connectivity index (χ0) is 14.1. The molecule has 2 heterocycles. The maximum absolute atomic E-state index is 11.7. The van der Waals surface area contributed by atoms with Crippen LogP contribution in [0, 0.1) is 0 Å². The minimum Gasteiger partial charge on any atom is -0.493 e. The molecule has 1 atom stereocenters. The predicted molar refractivity (Wildman–Crippen MR) is 70.2 cm³/mol. The average Bonchev–Trinajstić information content (AvgIpc) is 2.46. The third-order valence-corrected chi connectivity index (χ3v) is 3.34. The van der Waals surface area contributed by atoms with Crippen molar-refractivity contribution in [1.29, 1.82) is 0 Å². The van der Waals surface area contributed by atoms with E-state index in [0.29, 0.717) is 18.9 Å². The summed E-state index contributed by atoms with van der Waals surface area (Å²) in [6.45, 7) is 0.534. The van der Waals surface area contributed by atoms with Gasteiger partial charge in [-0.25, -0.2) is 9.78 Å². The van der Waals surface area contributed by atoms with Gasteiger partial charge in [0.1, 0.15) is 17.1 Å². The lowest BCUT2D eigenvalue weighted by molar-refractivity contribution is 0.0694. The number of carbonyl (C=O) groups is 1. The first kappa shape index (κ1) is 12.4. The second kappa shape index (κ2) is 4.80. The van der Waals surface area contributed by atoms with Crippen molar-refractivity contribution in [3.05, 3.63) is 57.8 Å². The summed E-state index contributed by atoms with van der Waals surface area (Å²) in [5, 5.41) is 8.84. The van der Waals surface area contributed by atoms with Crippen LogP contribution in [0.15, 0.2) is 35.3 Å². The van der Waals surface area contributed by atoms with Crippen LogP contribution in [0.2, 0.25) is 0 Å². The second-order valence-corrected chi connectivity index (χ2v) is 4.54. The van der Waals surface area contributed by atoms with E-state index in [2.05, 4.69) is 9.97 Å². The molecular weight excluding hydrogens is 260 g/mol. The van der Waals surface area contributed by atoms with Gasteiger partial charge in [0.05, 0.1) is 6.61 Å². The molecule has 3 rings (SSSR count). The molecule has 1 unspecified atom stereocenters. The number of H-pyrrole nitrogens is 1. The highest BCUT2D eigenvalue weighted by molar-refractivity contribution is 5.86. The van der Waals surface area contributed by atoms with Crippen LogP contribution in [0.25, 0.3) is 0 Å². The van der Waals surface area contributed by atoms with Crippen molar-refractivity contribution in [2.24, 2.45) is 0 Å². The van der Waals surface area contributed by atoms with Gasteiger partial charge >= 0.3 is 5.97 Å². The van der Waals surface area contributed by atoms with E-state index in [-0.39, 0.29) is 11.5 Å². The molecule has 6 heteroatoms. The van der Waals surface area contributed by atoms with Gasteiger partial charge in [0, 0.05) is 17.7 Å². The van der Waals surface area contributed by atoms with E-state index in [1.165, 1.54) is 0 Å². The number of hydrogen-bond donors (Lipinski definition) is 2. The van der Waals surface area contributed by atoms with E-state index >= 15 is 0 Å². The Labute approximate surface area is 114 Å². The van der Waals surface area contributed by atoms with Gasteiger partial charge in [0.15, 0.2) is 0 Å². The van der Waals surface area contributed by atoms with E-state index in [0.717, 1.165) is 17.5 Å². The van der Waals surface area contributed by atoms with Crippen molar-refractivity contribution in [1.82, 2.24) is 9.97 Å². The molecule has 1 aromatic carbocycles. The van der Waals surface area contributed by atoms with E-state index < -0.39 is 11.5 Å². The summed E-state index contributed by atoms with van der Waals surface area (Å²) in [7, 11) is 0. The van der Waals surface area contributed by atoms with Crippen molar-refractivity contribution in [3.63, 3.8) is 0 Å². The van der Waals surface area contributed by atoms with Gasteiger partial charge in [-0.05, 0) is 12.5 Å². The molecule has 1 aliphatic heterocycles. The third-order valence-electron chi connectivity index (χ3n) is 3.34. The number of rotatable bonds is 2. The molecule has 6 nitrogen and oxygen atoms in total. The summed E-state index contributed by atoms with van der Waals surface area (Å²) in [5.41, 5.74) is -0.0365. The number of hydrogen-bond acceptors (Lipinski definition) is 4. The molecule has 2 aromatic rings. The monoisotopic (exact) mass is 272 g/mol. The Bertz CT molecular complexity index is 723. The first-order valence-corrected chi connectivity index (χ1v) is 6.21. The van der Waals surface area contributed by atoms with Gasteiger partial charge in [-0.1, -0.05) is 18.2 Å². The lowest BCUT2D eigenvalue weighted by Gasteiger charge is -2.24. The van der Waals surface area contributed by atoms with Crippen LogP contribution in [-0.4, -0.2) is 27.7 Å². The summed E-state index contributed by atoms with van der Waals surface area (Å²) < 4.78 is 5.55. The van der Waals surface area contributed by atoms with Gasteiger partial charge in [0.2, 0.25) is 0 Å². The number of carboxylic acid groups (broad SMARTS) is 1. The molecule has 0 fully saturated rings. The van der Waals surface area contributed by atoms with Gasteiger partial charge in [-0.15, -0.1) is 0 Å². The molecular formula is C14H12N2O4. The first-order chi connectivity index (χ1) is 9.66. The number of para-hydroxylation sites is 1. The summed E-state index contributed by atoms with van der Waals surface area (Å²) in [5.74, 6) is -0.127. The van der Waals surface area contributed by atoms with Crippen LogP contribution in [0.4, 0.5) is 0 Å². The van der Waals surface area contributed by atoms with Crippen LogP contribution < -0.4 is 10.3 Å². The van der Waals surface area contributed by atoms with E-state index in [9.17, 15) is 9.59 Å². The van der Waals surface area contributed by atoms with Crippen LogP contribution in [0.5, 0.6) is 5.75 Å². The summed E-state index contributed by atoms with van der Waals surface area (Å²) in [6.07, 6.45) is 1.79. The smallest absolute Gasteiger partial charge is 0.342 e. The number of carboxylic acids is 1. The minimum absolute atomic E-state index is 0.0875. The normalized spacial score (nSPS) is 17.1. The number of aromatic amines is 1. The fourth-order valence-electron chi connectivity index (χ4n) is 2.36. The van der Waals surface area contributed by atoms with Crippen molar-refractivity contribution >= 4 is 5.97 Å². The quantitative estimate of drug-likeness (QED) is 0.861. The molecule has 1 aliphatic rings. The van der Waals surface area contributed by atoms with Crippen LogP contribution in [0.3, 0.4) is 0 Å².